The first-order valence-electron chi connectivity index (χ1n) is 8.58. The Hall–Kier alpha value is -2.52. The third kappa shape index (κ3) is 5.73. The molecule has 9 heteroatoms. The number of nitrogens with one attached hydrogen (secondary N) is 2. The second-order valence-electron chi connectivity index (χ2n) is 5.88. The second kappa shape index (κ2) is 9.43. The zero-order valence-corrected chi connectivity index (χ0v) is 16.5. The van der Waals surface area contributed by atoms with Gasteiger partial charge >= 0.3 is 0 Å². The van der Waals surface area contributed by atoms with Crippen LogP contribution < -0.4 is 10.6 Å². The standard InChI is InChI=1S/C18H20N4O3S2/c1-12-9-21-17(26-12)15(23)19-7-3-2-6-14-11-22-18(27-14)16(24)20-10-13-5-4-8-25-13/h4-5,8-9,11H,2-3,6-7,10H2,1H3,(H,19,23)(H,20,24). The lowest BCUT2D eigenvalue weighted by molar-refractivity contribution is 0.0942. The van der Waals surface area contributed by atoms with Crippen LogP contribution in [0.25, 0.3) is 0 Å². The Kier molecular flexibility index (Phi) is 6.72. The molecule has 0 unspecified atom stereocenters. The van der Waals surface area contributed by atoms with Gasteiger partial charge < -0.3 is 15.1 Å². The van der Waals surface area contributed by atoms with Gasteiger partial charge in [-0.3, -0.25) is 9.59 Å². The number of amides is 2. The Morgan fingerprint density at radius 2 is 1.85 bits per heavy atom. The molecular weight excluding hydrogens is 384 g/mol. The fourth-order valence-corrected chi connectivity index (χ4v) is 3.90. The summed E-state index contributed by atoms with van der Waals surface area (Å²) in [6.45, 7) is 2.88. The summed E-state index contributed by atoms with van der Waals surface area (Å²) >= 11 is 2.78. The normalized spacial score (nSPS) is 10.7. The first kappa shape index (κ1) is 19.2. The summed E-state index contributed by atoms with van der Waals surface area (Å²) in [7, 11) is 0. The number of hydrogen-bond donors (Lipinski definition) is 2. The van der Waals surface area contributed by atoms with Crippen molar-refractivity contribution in [3.8, 4) is 0 Å². The molecule has 0 aliphatic heterocycles. The molecule has 3 rings (SSSR count). The Morgan fingerprint density at radius 3 is 2.59 bits per heavy atom. The monoisotopic (exact) mass is 404 g/mol. The molecule has 0 fully saturated rings. The van der Waals surface area contributed by atoms with E-state index in [0.717, 1.165) is 29.0 Å². The topological polar surface area (TPSA) is 97.1 Å². The van der Waals surface area contributed by atoms with Crippen molar-refractivity contribution in [2.45, 2.75) is 32.7 Å². The van der Waals surface area contributed by atoms with E-state index in [1.54, 1.807) is 24.7 Å². The summed E-state index contributed by atoms with van der Waals surface area (Å²) in [4.78, 5) is 34.3. The van der Waals surface area contributed by atoms with E-state index in [4.69, 9.17) is 4.42 Å². The van der Waals surface area contributed by atoms with Crippen molar-refractivity contribution in [2.24, 2.45) is 0 Å². The molecule has 3 heterocycles. The highest BCUT2D eigenvalue weighted by atomic mass is 32.1. The van der Waals surface area contributed by atoms with Crippen molar-refractivity contribution in [3.05, 3.63) is 56.3 Å². The van der Waals surface area contributed by atoms with Crippen LogP contribution in [0.1, 0.15) is 48.0 Å². The van der Waals surface area contributed by atoms with Gasteiger partial charge in [-0.25, -0.2) is 9.97 Å². The molecule has 0 atom stereocenters. The number of carbonyl (C=O) groups is 2. The van der Waals surface area contributed by atoms with E-state index in [1.165, 1.54) is 22.7 Å². The van der Waals surface area contributed by atoms with Gasteiger partial charge in [-0.05, 0) is 38.3 Å². The van der Waals surface area contributed by atoms with Gasteiger partial charge in [-0.15, -0.1) is 22.7 Å². The summed E-state index contributed by atoms with van der Waals surface area (Å²) in [5, 5.41) is 6.61. The average molecular weight is 405 g/mol. The van der Waals surface area contributed by atoms with Crippen LogP contribution in [0.2, 0.25) is 0 Å². The third-order valence-corrected chi connectivity index (χ3v) is 5.67. The van der Waals surface area contributed by atoms with Gasteiger partial charge in [0.15, 0.2) is 10.0 Å². The molecule has 0 radical (unpaired) electrons. The number of thiazole rings is 2. The molecule has 0 bridgehead atoms. The van der Waals surface area contributed by atoms with E-state index >= 15 is 0 Å². The first-order valence-corrected chi connectivity index (χ1v) is 10.2. The van der Waals surface area contributed by atoms with Crippen molar-refractivity contribution in [2.75, 3.05) is 6.54 Å². The van der Waals surface area contributed by atoms with E-state index in [2.05, 4.69) is 20.6 Å². The molecule has 2 amide bonds. The lowest BCUT2D eigenvalue weighted by atomic mass is 10.2. The van der Waals surface area contributed by atoms with Gasteiger partial charge in [-0.2, -0.15) is 0 Å². The van der Waals surface area contributed by atoms with Crippen LogP contribution in [0.4, 0.5) is 0 Å². The zero-order valence-electron chi connectivity index (χ0n) is 14.9. The maximum atomic E-state index is 12.1. The highest BCUT2D eigenvalue weighted by molar-refractivity contribution is 7.13. The Morgan fingerprint density at radius 1 is 1.07 bits per heavy atom. The SMILES string of the molecule is Cc1cnc(C(=O)NCCCCc2cnc(C(=O)NCc3ccco3)s2)s1. The van der Waals surface area contributed by atoms with Crippen molar-refractivity contribution < 1.29 is 14.0 Å². The minimum Gasteiger partial charge on any atom is -0.467 e. The fourth-order valence-electron chi connectivity index (χ4n) is 2.35. The van der Waals surface area contributed by atoms with Crippen LogP contribution in [0.3, 0.4) is 0 Å². The van der Waals surface area contributed by atoms with Gasteiger partial charge in [0, 0.05) is 28.7 Å². The van der Waals surface area contributed by atoms with Crippen LogP contribution in [0.15, 0.2) is 35.2 Å². The number of unbranched alkanes of at least 4 members (excludes halogenated alkanes) is 1. The molecule has 3 aromatic rings. The summed E-state index contributed by atoms with van der Waals surface area (Å²) in [6, 6.07) is 3.59. The highest BCUT2D eigenvalue weighted by Crippen LogP contribution is 2.16. The molecule has 3 aromatic heterocycles. The third-order valence-electron chi connectivity index (χ3n) is 3.70. The van der Waals surface area contributed by atoms with Crippen molar-refractivity contribution >= 4 is 34.5 Å². The minimum atomic E-state index is -0.200. The smallest absolute Gasteiger partial charge is 0.280 e. The number of hydrogen-bond acceptors (Lipinski definition) is 7. The van der Waals surface area contributed by atoms with Crippen molar-refractivity contribution in [1.29, 1.82) is 0 Å². The van der Waals surface area contributed by atoms with E-state index in [-0.39, 0.29) is 11.8 Å². The summed E-state index contributed by atoms with van der Waals surface area (Å²) in [6.07, 6.45) is 7.61. The van der Waals surface area contributed by atoms with E-state index in [1.807, 2.05) is 13.0 Å². The lowest BCUT2D eigenvalue weighted by Gasteiger charge is -2.02. The molecule has 142 valence electrons. The van der Waals surface area contributed by atoms with E-state index in [0.29, 0.717) is 28.9 Å². The summed E-state index contributed by atoms with van der Waals surface area (Å²) in [5.74, 6) is 0.380. The highest BCUT2D eigenvalue weighted by Gasteiger charge is 2.12. The molecule has 0 aromatic carbocycles. The van der Waals surface area contributed by atoms with Crippen LogP contribution in [0.5, 0.6) is 0 Å². The lowest BCUT2D eigenvalue weighted by Crippen LogP contribution is -2.24. The maximum absolute atomic E-state index is 12.1. The quantitative estimate of drug-likeness (QED) is 0.534. The van der Waals surface area contributed by atoms with Crippen LogP contribution in [-0.2, 0) is 13.0 Å². The summed E-state index contributed by atoms with van der Waals surface area (Å²) < 4.78 is 5.18. The van der Waals surface area contributed by atoms with E-state index in [9.17, 15) is 9.59 Å². The number of aromatic nitrogens is 2. The molecule has 0 aliphatic carbocycles. The first-order chi connectivity index (χ1) is 13.1. The van der Waals surface area contributed by atoms with Crippen molar-refractivity contribution in [3.63, 3.8) is 0 Å². The Balaban J connectivity index is 1.34. The number of carbonyl (C=O) groups excluding carboxylic acids is 2. The number of nitrogens with zero attached hydrogens (tertiary/aromatic N) is 2. The predicted molar refractivity (Wildman–Crippen MR) is 104 cm³/mol. The Bertz CT molecular complexity index is 886. The summed E-state index contributed by atoms with van der Waals surface area (Å²) in [5.41, 5.74) is 0. The largest absolute Gasteiger partial charge is 0.467 e. The molecular formula is C18H20N4O3S2. The van der Waals surface area contributed by atoms with Gasteiger partial charge in [0.05, 0.1) is 12.8 Å². The second-order valence-corrected chi connectivity index (χ2v) is 8.23. The predicted octanol–water partition coefficient (Wildman–Crippen LogP) is 3.18. The molecule has 0 spiro atoms. The molecule has 7 nitrogen and oxygen atoms in total. The average Bonchev–Trinajstić information content (AvgIpc) is 3.41. The van der Waals surface area contributed by atoms with Crippen LogP contribution >= 0.6 is 22.7 Å². The van der Waals surface area contributed by atoms with Crippen LogP contribution in [-0.4, -0.2) is 28.3 Å². The minimum absolute atomic E-state index is 0.124. The maximum Gasteiger partial charge on any atom is 0.280 e. The number of aryl methyl sites for hydroxylation is 2. The molecule has 27 heavy (non-hydrogen) atoms. The van der Waals surface area contributed by atoms with Gasteiger partial charge in [0.1, 0.15) is 5.76 Å². The van der Waals surface area contributed by atoms with Crippen molar-refractivity contribution in [1.82, 2.24) is 20.6 Å². The number of rotatable bonds is 9. The van der Waals surface area contributed by atoms with Gasteiger partial charge in [-0.1, -0.05) is 0 Å². The number of furan rings is 1. The molecule has 0 saturated carbocycles. The molecule has 0 aliphatic rings. The van der Waals surface area contributed by atoms with Gasteiger partial charge in [0.25, 0.3) is 11.8 Å². The zero-order chi connectivity index (χ0) is 19.1. The Labute approximate surface area is 164 Å². The van der Waals surface area contributed by atoms with Gasteiger partial charge in [0.2, 0.25) is 0 Å². The fraction of sp³-hybridized carbons (Fsp3) is 0.333. The molecule has 2 N–H and O–H groups in total. The molecule has 0 saturated heterocycles. The van der Waals surface area contributed by atoms with Crippen LogP contribution in [0, 0.1) is 6.92 Å². The van der Waals surface area contributed by atoms with E-state index < -0.39 is 0 Å².